The number of aromatic nitrogens is 2. The molecular formula is C19H21N3OS. The third kappa shape index (κ3) is 3.97. The second-order valence-corrected chi connectivity index (χ2v) is 6.58. The van der Waals surface area contributed by atoms with E-state index < -0.39 is 0 Å². The molecule has 0 aliphatic carbocycles. The van der Waals surface area contributed by atoms with Gasteiger partial charge in [0, 0.05) is 17.9 Å². The quantitative estimate of drug-likeness (QED) is 0.496. The Hall–Kier alpha value is -2.27. The van der Waals surface area contributed by atoms with Gasteiger partial charge < -0.3 is 10.3 Å². The Bertz CT molecular complexity index is 795. The molecule has 24 heavy (non-hydrogen) atoms. The van der Waals surface area contributed by atoms with Crippen molar-refractivity contribution in [3.05, 3.63) is 59.7 Å². The number of hydrogen-bond donors (Lipinski definition) is 2. The van der Waals surface area contributed by atoms with Gasteiger partial charge in [-0.2, -0.15) is 0 Å². The third-order valence-corrected chi connectivity index (χ3v) is 4.73. The summed E-state index contributed by atoms with van der Waals surface area (Å²) in [5, 5.41) is 3.86. The Morgan fingerprint density at radius 2 is 1.96 bits per heavy atom. The van der Waals surface area contributed by atoms with Crippen molar-refractivity contribution in [3.8, 4) is 0 Å². The van der Waals surface area contributed by atoms with E-state index in [2.05, 4.69) is 22.2 Å². The predicted octanol–water partition coefficient (Wildman–Crippen LogP) is 4.39. The Morgan fingerprint density at radius 1 is 1.17 bits per heavy atom. The van der Waals surface area contributed by atoms with Crippen LogP contribution < -0.4 is 5.32 Å². The Labute approximate surface area is 146 Å². The molecule has 0 aliphatic heterocycles. The van der Waals surface area contributed by atoms with Crippen LogP contribution >= 0.6 is 11.8 Å². The number of aromatic amines is 1. The highest BCUT2D eigenvalue weighted by Crippen LogP contribution is 2.24. The zero-order valence-electron chi connectivity index (χ0n) is 13.7. The number of para-hydroxylation sites is 2. The van der Waals surface area contributed by atoms with Crippen LogP contribution in [0.5, 0.6) is 0 Å². The van der Waals surface area contributed by atoms with Gasteiger partial charge in [-0.05, 0) is 30.2 Å². The second-order valence-electron chi connectivity index (χ2n) is 5.61. The SMILES string of the molecule is CCCCNC(=O)c1ccccc1CSc1nc2ccccc2[nH]1. The van der Waals surface area contributed by atoms with Gasteiger partial charge in [0.1, 0.15) is 0 Å². The summed E-state index contributed by atoms with van der Waals surface area (Å²) in [5.41, 5.74) is 3.77. The van der Waals surface area contributed by atoms with Gasteiger partial charge in [-0.1, -0.05) is 55.4 Å². The lowest BCUT2D eigenvalue weighted by atomic mass is 10.1. The van der Waals surface area contributed by atoms with Crippen molar-refractivity contribution in [3.63, 3.8) is 0 Å². The summed E-state index contributed by atoms with van der Waals surface area (Å²) in [6, 6.07) is 15.7. The molecule has 1 amide bonds. The number of nitrogens with zero attached hydrogens (tertiary/aromatic N) is 1. The van der Waals surface area contributed by atoms with Gasteiger partial charge in [0.25, 0.3) is 5.91 Å². The van der Waals surface area contributed by atoms with E-state index in [1.54, 1.807) is 11.8 Å². The predicted molar refractivity (Wildman–Crippen MR) is 99.3 cm³/mol. The Balaban J connectivity index is 1.69. The van der Waals surface area contributed by atoms with E-state index in [9.17, 15) is 4.79 Å². The largest absolute Gasteiger partial charge is 0.352 e. The molecule has 3 aromatic rings. The topological polar surface area (TPSA) is 57.8 Å². The number of unbranched alkanes of at least 4 members (excludes halogenated alkanes) is 1. The maximum Gasteiger partial charge on any atom is 0.251 e. The molecule has 4 nitrogen and oxygen atoms in total. The molecule has 2 N–H and O–H groups in total. The number of imidazole rings is 1. The summed E-state index contributed by atoms with van der Waals surface area (Å²) in [5.74, 6) is 0.709. The highest BCUT2D eigenvalue weighted by molar-refractivity contribution is 7.98. The van der Waals surface area contributed by atoms with Crippen LogP contribution in [0.4, 0.5) is 0 Å². The molecule has 0 spiro atoms. The molecule has 0 atom stereocenters. The van der Waals surface area contributed by atoms with Gasteiger partial charge >= 0.3 is 0 Å². The molecule has 0 saturated heterocycles. The first kappa shape index (κ1) is 16.6. The van der Waals surface area contributed by atoms with Crippen LogP contribution in [0.15, 0.2) is 53.7 Å². The van der Waals surface area contributed by atoms with Crippen molar-refractivity contribution in [2.75, 3.05) is 6.54 Å². The minimum absolute atomic E-state index is 0.00394. The van der Waals surface area contributed by atoms with Crippen molar-refractivity contribution in [2.24, 2.45) is 0 Å². The number of fused-ring (bicyclic) bond motifs is 1. The highest BCUT2D eigenvalue weighted by atomic mass is 32.2. The standard InChI is InChI=1S/C19H21N3OS/c1-2-3-12-20-18(23)15-9-5-4-8-14(15)13-24-19-21-16-10-6-7-11-17(16)22-19/h4-11H,2-3,12-13H2,1H3,(H,20,23)(H,21,22). The van der Waals surface area contributed by atoms with E-state index in [-0.39, 0.29) is 5.91 Å². The number of benzene rings is 2. The fourth-order valence-electron chi connectivity index (χ4n) is 2.49. The lowest BCUT2D eigenvalue weighted by Gasteiger charge is -2.09. The number of H-pyrrole nitrogens is 1. The smallest absolute Gasteiger partial charge is 0.251 e. The number of carbonyl (C=O) groups is 1. The van der Waals surface area contributed by atoms with Crippen molar-refractivity contribution in [2.45, 2.75) is 30.7 Å². The number of rotatable bonds is 7. The maximum atomic E-state index is 12.3. The van der Waals surface area contributed by atoms with Crippen molar-refractivity contribution < 1.29 is 4.79 Å². The molecule has 124 valence electrons. The number of carbonyl (C=O) groups excluding carboxylic acids is 1. The Morgan fingerprint density at radius 3 is 2.79 bits per heavy atom. The van der Waals surface area contributed by atoms with Gasteiger partial charge in [0.2, 0.25) is 0 Å². The van der Waals surface area contributed by atoms with Crippen LogP contribution in [0.3, 0.4) is 0 Å². The van der Waals surface area contributed by atoms with Crippen LogP contribution in [0.1, 0.15) is 35.7 Å². The fourth-order valence-corrected chi connectivity index (χ4v) is 3.37. The summed E-state index contributed by atoms with van der Waals surface area (Å²) in [7, 11) is 0. The van der Waals surface area contributed by atoms with Crippen LogP contribution in [0.25, 0.3) is 11.0 Å². The van der Waals surface area contributed by atoms with E-state index in [0.29, 0.717) is 5.75 Å². The lowest BCUT2D eigenvalue weighted by molar-refractivity contribution is 0.0952. The molecule has 3 rings (SSSR count). The normalized spacial score (nSPS) is 10.9. The minimum Gasteiger partial charge on any atom is -0.352 e. The zero-order valence-corrected chi connectivity index (χ0v) is 14.5. The first-order valence-electron chi connectivity index (χ1n) is 8.21. The van der Waals surface area contributed by atoms with E-state index in [1.807, 2.05) is 48.5 Å². The van der Waals surface area contributed by atoms with Crippen LogP contribution in [-0.2, 0) is 5.75 Å². The van der Waals surface area contributed by atoms with Gasteiger partial charge in [-0.25, -0.2) is 4.98 Å². The van der Waals surface area contributed by atoms with Crippen molar-refractivity contribution in [1.82, 2.24) is 15.3 Å². The Kier molecular flexibility index (Phi) is 5.54. The van der Waals surface area contributed by atoms with Crippen molar-refractivity contribution >= 4 is 28.7 Å². The fraction of sp³-hybridized carbons (Fsp3) is 0.263. The van der Waals surface area contributed by atoms with E-state index in [0.717, 1.165) is 46.7 Å². The lowest BCUT2D eigenvalue weighted by Crippen LogP contribution is -2.25. The van der Waals surface area contributed by atoms with Gasteiger partial charge in [-0.15, -0.1) is 0 Å². The molecule has 0 saturated carbocycles. The summed E-state index contributed by atoms with van der Waals surface area (Å²) < 4.78 is 0. The first-order valence-corrected chi connectivity index (χ1v) is 9.20. The molecule has 1 aromatic heterocycles. The second kappa shape index (κ2) is 8.02. The summed E-state index contributed by atoms with van der Waals surface area (Å²) >= 11 is 1.61. The molecule has 5 heteroatoms. The van der Waals surface area contributed by atoms with E-state index in [1.165, 1.54) is 0 Å². The van der Waals surface area contributed by atoms with E-state index in [4.69, 9.17) is 0 Å². The molecular weight excluding hydrogens is 318 g/mol. The van der Waals surface area contributed by atoms with Gasteiger partial charge in [0.15, 0.2) is 5.16 Å². The minimum atomic E-state index is 0.00394. The zero-order chi connectivity index (χ0) is 16.8. The van der Waals surface area contributed by atoms with Crippen molar-refractivity contribution in [1.29, 1.82) is 0 Å². The number of thioether (sulfide) groups is 1. The average Bonchev–Trinajstić information content (AvgIpc) is 3.03. The van der Waals surface area contributed by atoms with E-state index >= 15 is 0 Å². The number of hydrogen-bond acceptors (Lipinski definition) is 3. The third-order valence-electron chi connectivity index (χ3n) is 3.81. The maximum absolute atomic E-state index is 12.3. The molecule has 0 fully saturated rings. The monoisotopic (exact) mass is 339 g/mol. The molecule has 0 bridgehead atoms. The molecule has 0 radical (unpaired) electrons. The molecule has 0 aliphatic rings. The van der Waals surface area contributed by atoms with Crippen LogP contribution in [0.2, 0.25) is 0 Å². The molecule has 1 heterocycles. The average molecular weight is 339 g/mol. The number of amides is 1. The summed E-state index contributed by atoms with van der Waals surface area (Å²) in [4.78, 5) is 20.2. The van der Waals surface area contributed by atoms with Crippen LogP contribution in [-0.4, -0.2) is 22.4 Å². The molecule has 2 aromatic carbocycles. The first-order chi connectivity index (χ1) is 11.8. The van der Waals surface area contributed by atoms with Gasteiger partial charge in [-0.3, -0.25) is 4.79 Å². The summed E-state index contributed by atoms with van der Waals surface area (Å²) in [6.07, 6.45) is 2.07. The van der Waals surface area contributed by atoms with Crippen LogP contribution in [0, 0.1) is 0 Å². The van der Waals surface area contributed by atoms with Gasteiger partial charge in [0.05, 0.1) is 11.0 Å². The highest BCUT2D eigenvalue weighted by Gasteiger charge is 2.11. The molecule has 0 unspecified atom stereocenters. The summed E-state index contributed by atoms with van der Waals surface area (Å²) in [6.45, 7) is 2.84. The number of nitrogens with one attached hydrogen (secondary N) is 2.